The molecule has 0 bridgehead atoms. The average molecular weight is 576 g/mol. The molecule has 13 heteroatoms. The molecule has 5 aromatic rings. The summed E-state index contributed by atoms with van der Waals surface area (Å²) in [5.74, 6) is 1.35. The first-order chi connectivity index (χ1) is 19.8. The van der Waals surface area contributed by atoms with Crippen molar-refractivity contribution in [1.29, 1.82) is 0 Å². The molecule has 0 aliphatic carbocycles. The number of nitrogens with zero attached hydrogens (tertiary/aromatic N) is 6. The zero-order valence-electron chi connectivity index (χ0n) is 23.1. The van der Waals surface area contributed by atoms with Crippen LogP contribution in [0, 0.1) is 6.92 Å². The van der Waals surface area contributed by atoms with Gasteiger partial charge in [0.1, 0.15) is 28.5 Å². The van der Waals surface area contributed by atoms with E-state index in [0.29, 0.717) is 28.6 Å². The van der Waals surface area contributed by atoms with Crippen LogP contribution in [0.3, 0.4) is 0 Å². The van der Waals surface area contributed by atoms with E-state index in [0.717, 1.165) is 16.5 Å². The molecule has 0 saturated heterocycles. The molecule has 0 aliphatic rings. The number of para-hydroxylation sites is 2. The molecule has 212 valence electrons. The molecule has 41 heavy (non-hydrogen) atoms. The van der Waals surface area contributed by atoms with E-state index in [9.17, 15) is 8.42 Å². The van der Waals surface area contributed by atoms with Crippen LogP contribution < -0.4 is 14.2 Å². The number of ether oxygens (including phenoxy) is 3. The van der Waals surface area contributed by atoms with E-state index < -0.39 is 21.4 Å². The number of methoxy groups -OCH3 is 3. The van der Waals surface area contributed by atoms with Crippen LogP contribution in [-0.2, 0) is 14.8 Å². The van der Waals surface area contributed by atoms with Crippen LogP contribution in [0.4, 0.5) is 5.95 Å². The highest BCUT2D eigenvalue weighted by molar-refractivity contribution is 7.93. The molecule has 0 radical (unpaired) electrons. The van der Waals surface area contributed by atoms with E-state index >= 15 is 0 Å². The van der Waals surface area contributed by atoms with E-state index in [1.54, 1.807) is 47.4 Å². The number of sulfonamides is 1. The molecule has 2 unspecified atom stereocenters. The Morgan fingerprint density at radius 3 is 2.22 bits per heavy atom. The van der Waals surface area contributed by atoms with Crippen molar-refractivity contribution >= 4 is 26.9 Å². The van der Waals surface area contributed by atoms with E-state index in [1.807, 2.05) is 31.2 Å². The third kappa shape index (κ3) is 5.28. The third-order valence-electron chi connectivity index (χ3n) is 6.64. The van der Waals surface area contributed by atoms with Gasteiger partial charge in [0.2, 0.25) is 16.0 Å². The van der Waals surface area contributed by atoms with Gasteiger partial charge in [-0.2, -0.15) is 0 Å². The number of anilines is 1. The van der Waals surface area contributed by atoms with Crippen molar-refractivity contribution in [1.82, 2.24) is 29.7 Å². The van der Waals surface area contributed by atoms with Gasteiger partial charge in [0.05, 0.1) is 19.7 Å². The predicted molar refractivity (Wildman–Crippen MR) is 154 cm³/mol. The number of pyridine rings is 1. The van der Waals surface area contributed by atoms with Gasteiger partial charge < -0.3 is 14.2 Å². The van der Waals surface area contributed by atoms with Gasteiger partial charge in [-0.15, -0.1) is 10.2 Å². The maximum absolute atomic E-state index is 13.8. The number of hydrogen-bond acceptors (Lipinski definition) is 10. The number of aryl methyl sites for hydroxylation is 1. The Bertz CT molecular complexity index is 1760. The number of rotatable bonds is 10. The normalized spacial score (nSPS) is 13.1. The first kappa shape index (κ1) is 27.9. The number of nitrogens with one attached hydrogen (secondary N) is 1. The van der Waals surface area contributed by atoms with Crippen LogP contribution in [0.25, 0.3) is 28.0 Å². The molecule has 5 rings (SSSR count). The Morgan fingerprint density at radius 2 is 1.56 bits per heavy atom. The van der Waals surface area contributed by atoms with Crippen LogP contribution >= 0.6 is 0 Å². The molecule has 0 saturated carbocycles. The van der Waals surface area contributed by atoms with Crippen LogP contribution in [0.1, 0.15) is 24.4 Å². The first-order valence-corrected chi connectivity index (χ1v) is 14.2. The minimum Gasteiger partial charge on any atom is -0.494 e. The first-order valence-electron chi connectivity index (χ1n) is 12.6. The fourth-order valence-corrected chi connectivity index (χ4v) is 5.65. The topological polar surface area (TPSA) is 143 Å². The smallest absolute Gasteiger partial charge is 0.243 e. The monoisotopic (exact) mass is 575 g/mol. The molecular weight excluding hydrogens is 546 g/mol. The summed E-state index contributed by atoms with van der Waals surface area (Å²) in [6.45, 7) is 3.36. The number of aromatic nitrogens is 6. The summed E-state index contributed by atoms with van der Waals surface area (Å²) in [4.78, 5) is 13.0. The third-order valence-corrected chi connectivity index (χ3v) is 8.33. The SMILES string of the molecule is COc1cccc(OC)c1-n1c(NS(=O)(=O)C(C)C(OC)c2ncc(C)cn2)nnc1-c1ccnc2ccccc12. The molecule has 2 atom stereocenters. The molecule has 3 heterocycles. The number of benzene rings is 2. The highest BCUT2D eigenvalue weighted by Crippen LogP contribution is 2.39. The second-order valence-corrected chi connectivity index (χ2v) is 11.2. The van der Waals surface area contributed by atoms with Crippen LogP contribution in [0.15, 0.2) is 67.1 Å². The predicted octanol–water partition coefficient (Wildman–Crippen LogP) is 4.12. The lowest BCUT2D eigenvalue weighted by Gasteiger charge is -2.23. The van der Waals surface area contributed by atoms with Crippen molar-refractivity contribution in [2.45, 2.75) is 25.2 Å². The fraction of sp³-hybridized carbons (Fsp3) is 0.250. The molecule has 0 fully saturated rings. The Hall–Kier alpha value is -4.62. The number of hydrogen-bond donors (Lipinski definition) is 1. The van der Waals surface area contributed by atoms with Crippen molar-refractivity contribution in [2.24, 2.45) is 0 Å². The van der Waals surface area contributed by atoms with Crippen molar-refractivity contribution in [3.8, 4) is 28.6 Å². The standard InChI is InChI=1S/C28H29N7O5S/c1-17-15-30-26(31-16-17)25(40-5)18(2)41(36,37)34-28-33-32-27(20-13-14-29-21-10-7-6-9-19(20)21)35(28)24-22(38-3)11-8-12-23(24)39-4/h6-16,18,25H,1-5H3,(H,33,34). The van der Waals surface area contributed by atoms with Crippen molar-refractivity contribution in [3.63, 3.8) is 0 Å². The Balaban J connectivity index is 1.68. The van der Waals surface area contributed by atoms with E-state index in [4.69, 9.17) is 14.2 Å². The van der Waals surface area contributed by atoms with Crippen LogP contribution in [0.5, 0.6) is 11.5 Å². The van der Waals surface area contributed by atoms with Gasteiger partial charge in [0.15, 0.2) is 11.6 Å². The molecule has 3 aromatic heterocycles. The maximum Gasteiger partial charge on any atom is 0.243 e. The van der Waals surface area contributed by atoms with Crippen molar-refractivity contribution in [2.75, 3.05) is 26.1 Å². The summed E-state index contributed by atoms with van der Waals surface area (Å²) >= 11 is 0. The highest BCUT2D eigenvalue weighted by atomic mass is 32.2. The quantitative estimate of drug-likeness (QED) is 0.258. The summed E-state index contributed by atoms with van der Waals surface area (Å²) in [7, 11) is 0.305. The fourth-order valence-electron chi connectivity index (χ4n) is 4.52. The zero-order chi connectivity index (χ0) is 29.1. The van der Waals surface area contributed by atoms with Gasteiger partial charge in [-0.1, -0.05) is 24.3 Å². The largest absolute Gasteiger partial charge is 0.494 e. The van der Waals surface area contributed by atoms with Gasteiger partial charge >= 0.3 is 0 Å². The molecule has 0 aliphatic heterocycles. The van der Waals surface area contributed by atoms with Crippen LogP contribution in [-0.4, -0.2) is 64.7 Å². The molecule has 1 N–H and O–H groups in total. The lowest BCUT2D eigenvalue weighted by atomic mass is 10.1. The van der Waals surface area contributed by atoms with Gasteiger partial charge in [-0.05, 0) is 43.7 Å². The Morgan fingerprint density at radius 1 is 0.878 bits per heavy atom. The van der Waals surface area contributed by atoms with Crippen LogP contribution in [0.2, 0.25) is 0 Å². The molecule has 0 amide bonds. The molecule has 12 nitrogen and oxygen atoms in total. The van der Waals surface area contributed by atoms with E-state index in [2.05, 4.69) is 29.9 Å². The lowest BCUT2D eigenvalue weighted by molar-refractivity contribution is 0.0949. The van der Waals surface area contributed by atoms with Gasteiger partial charge in [-0.3, -0.25) is 14.3 Å². The highest BCUT2D eigenvalue weighted by Gasteiger charge is 2.35. The Kier molecular flexibility index (Phi) is 7.81. The van der Waals surface area contributed by atoms with Gasteiger partial charge in [0.25, 0.3) is 0 Å². The minimum absolute atomic E-state index is 0.0739. The zero-order valence-corrected chi connectivity index (χ0v) is 24.0. The van der Waals surface area contributed by atoms with Crippen molar-refractivity contribution < 1.29 is 22.6 Å². The maximum atomic E-state index is 13.8. The Labute approximate surface area is 237 Å². The summed E-state index contributed by atoms with van der Waals surface area (Å²) in [5.41, 5.74) is 2.67. The number of fused-ring (bicyclic) bond motifs is 1. The van der Waals surface area contributed by atoms with Gasteiger partial charge in [-0.25, -0.2) is 18.4 Å². The molecule has 2 aromatic carbocycles. The molecular formula is C28H29N7O5S. The summed E-state index contributed by atoms with van der Waals surface area (Å²) < 4.78 is 48.6. The summed E-state index contributed by atoms with van der Waals surface area (Å²) in [6.07, 6.45) is 3.93. The molecule has 0 spiro atoms. The van der Waals surface area contributed by atoms with Crippen molar-refractivity contribution in [3.05, 3.63) is 78.5 Å². The minimum atomic E-state index is -4.14. The lowest BCUT2D eigenvalue weighted by Crippen LogP contribution is -2.33. The van der Waals surface area contributed by atoms with Gasteiger partial charge in [0, 0.05) is 36.7 Å². The summed E-state index contributed by atoms with van der Waals surface area (Å²) in [6, 6.07) is 14.6. The average Bonchev–Trinajstić information content (AvgIpc) is 3.39. The summed E-state index contributed by atoms with van der Waals surface area (Å²) in [5, 5.41) is 8.41. The van der Waals surface area contributed by atoms with E-state index in [1.165, 1.54) is 28.3 Å². The van der Waals surface area contributed by atoms with E-state index in [-0.39, 0.29) is 11.8 Å². The second kappa shape index (κ2) is 11.5. The second-order valence-electron chi connectivity index (χ2n) is 9.20.